The normalized spacial score (nSPS) is 11.8. The molecule has 1 amide bonds. The molecule has 2 aromatic rings. The largest absolute Gasteiger partial charge is 0.481 e. The van der Waals surface area contributed by atoms with Crippen molar-refractivity contribution >= 4 is 17.6 Å². The molecule has 1 unspecified atom stereocenters. The Bertz CT molecular complexity index is 875. The molecule has 0 radical (unpaired) electrons. The number of aromatic nitrogens is 2. The fourth-order valence-electron chi connectivity index (χ4n) is 3.03. The molecule has 0 spiro atoms. The Hall–Kier alpha value is -3.23. The maximum absolute atomic E-state index is 12.4. The van der Waals surface area contributed by atoms with Crippen molar-refractivity contribution in [2.75, 3.05) is 0 Å². The summed E-state index contributed by atoms with van der Waals surface area (Å²) in [7, 11) is 0. The molecule has 27 heavy (non-hydrogen) atoms. The fraction of sp³-hybridized carbons (Fsp3) is 0.389. The molecule has 1 atom stereocenters. The summed E-state index contributed by atoms with van der Waals surface area (Å²) >= 11 is 0. The molecule has 144 valence electrons. The number of aryl methyl sites for hydroxylation is 3. The molecular weight excluding hydrogens is 352 g/mol. The number of nitro groups is 1. The third-order valence-corrected chi connectivity index (χ3v) is 4.35. The summed E-state index contributed by atoms with van der Waals surface area (Å²) in [5.41, 5.74) is 2.25. The van der Waals surface area contributed by atoms with Crippen LogP contribution >= 0.6 is 0 Å². The summed E-state index contributed by atoms with van der Waals surface area (Å²) in [6, 6.07) is 6.62. The molecule has 0 fully saturated rings. The van der Waals surface area contributed by atoms with Gasteiger partial charge < -0.3 is 10.4 Å². The highest BCUT2D eigenvalue weighted by Gasteiger charge is 2.23. The number of aliphatic carboxylic acids is 1. The predicted molar refractivity (Wildman–Crippen MR) is 97.3 cm³/mol. The molecule has 1 aromatic carbocycles. The summed E-state index contributed by atoms with van der Waals surface area (Å²) < 4.78 is 1.42. The highest BCUT2D eigenvalue weighted by molar-refractivity contribution is 5.77. The van der Waals surface area contributed by atoms with E-state index in [2.05, 4.69) is 10.4 Å². The van der Waals surface area contributed by atoms with E-state index in [1.165, 1.54) is 4.68 Å². The number of carboxylic acids is 1. The first kappa shape index (κ1) is 20.1. The van der Waals surface area contributed by atoms with Crippen molar-refractivity contribution in [2.24, 2.45) is 0 Å². The van der Waals surface area contributed by atoms with Crippen LogP contribution in [0.15, 0.2) is 24.3 Å². The van der Waals surface area contributed by atoms with Crippen LogP contribution in [-0.2, 0) is 16.1 Å². The Balaban J connectivity index is 2.08. The Kier molecular flexibility index (Phi) is 6.27. The van der Waals surface area contributed by atoms with Crippen molar-refractivity contribution in [3.63, 3.8) is 0 Å². The quantitative estimate of drug-likeness (QED) is 0.539. The van der Waals surface area contributed by atoms with Gasteiger partial charge in [-0.1, -0.05) is 24.3 Å². The van der Waals surface area contributed by atoms with Crippen LogP contribution in [0.1, 0.15) is 41.4 Å². The molecule has 1 aromatic heterocycles. The lowest BCUT2D eigenvalue weighted by atomic mass is 9.98. The number of nitrogens with one attached hydrogen (secondary N) is 1. The number of nitrogens with zero attached hydrogens (tertiary/aromatic N) is 3. The molecule has 0 bridgehead atoms. The zero-order valence-electron chi connectivity index (χ0n) is 15.4. The topological polar surface area (TPSA) is 127 Å². The third-order valence-electron chi connectivity index (χ3n) is 4.35. The minimum atomic E-state index is -1.02. The van der Waals surface area contributed by atoms with Gasteiger partial charge in [-0.3, -0.25) is 24.4 Å². The summed E-state index contributed by atoms with van der Waals surface area (Å²) in [6.07, 6.45) is -0.205. The number of benzene rings is 1. The molecule has 0 saturated carbocycles. The van der Waals surface area contributed by atoms with Gasteiger partial charge in [0.1, 0.15) is 11.4 Å². The van der Waals surface area contributed by atoms with Crippen molar-refractivity contribution in [3.8, 4) is 0 Å². The first-order valence-electron chi connectivity index (χ1n) is 8.45. The number of amides is 1. The van der Waals surface area contributed by atoms with Crippen LogP contribution in [0.4, 0.5) is 5.69 Å². The Morgan fingerprint density at radius 3 is 2.52 bits per heavy atom. The van der Waals surface area contributed by atoms with E-state index in [1.54, 1.807) is 26.0 Å². The van der Waals surface area contributed by atoms with Gasteiger partial charge in [-0.25, -0.2) is 0 Å². The number of carbonyl (C=O) groups is 2. The van der Waals surface area contributed by atoms with E-state index in [4.69, 9.17) is 5.11 Å². The standard InChI is InChI=1S/C18H22N4O5/c1-11-6-4-5-7-14(11)15(10-17(24)25)19-16(23)8-9-21-13(3)18(22(26)27)12(2)20-21/h4-7,15H,8-10H2,1-3H3,(H,19,23)(H,24,25). The van der Waals surface area contributed by atoms with Crippen molar-refractivity contribution in [2.45, 2.75) is 46.2 Å². The van der Waals surface area contributed by atoms with Crippen LogP contribution in [0.3, 0.4) is 0 Å². The van der Waals surface area contributed by atoms with Gasteiger partial charge in [0.2, 0.25) is 5.91 Å². The van der Waals surface area contributed by atoms with Gasteiger partial charge in [0.15, 0.2) is 0 Å². The monoisotopic (exact) mass is 374 g/mol. The second kappa shape index (κ2) is 8.43. The smallest absolute Gasteiger partial charge is 0.312 e. The van der Waals surface area contributed by atoms with Crippen molar-refractivity contribution in [1.82, 2.24) is 15.1 Å². The van der Waals surface area contributed by atoms with Crippen molar-refractivity contribution in [3.05, 3.63) is 56.9 Å². The van der Waals surface area contributed by atoms with E-state index < -0.39 is 16.9 Å². The average Bonchev–Trinajstić information content (AvgIpc) is 2.86. The maximum Gasteiger partial charge on any atom is 0.312 e. The summed E-state index contributed by atoms with van der Waals surface area (Å²) in [6.45, 7) is 5.14. The van der Waals surface area contributed by atoms with Crippen LogP contribution in [0, 0.1) is 30.9 Å². The van der Waals surface area contributed by atoms with Gasteiger partial charge >= 0.3 is 11.7 Å². The molecule has 1 heterocycles. The molecule has 2 rings (SSSR count). The number of hydrogen-bond donors (Lipinski definition) is 2. The van der Waals surface area contributed by atoms with E-state index in [-0.39, 0.29) is 31.0 Å². The molecular formula is C18H22N4O5. The van der Waals surface area contributed by atoms with Gasteiger partial charge in [0.05, 0.1) is 23.9 Å². The molecule has 0 aliphatic heterocycles. The van der Waals surface area contributed by atoms with Crippen LogP contribution in [0.5, 0.6) is 0 Å². The van der Waals surface area contributed by atoms with Crippen LogP contribution in [0.25, 0.3) is 0 Å². The second-order valence-electron chi connectivity index (χ2n) is 6.32. The Morgan fingerprint density at radius 2 is 1.96 bits per heavy atom. The lowest BCUT2D eigenvalue weighted by molar-refractivity contribution is -0.386. The lowest BCUT2D eigenvalue weighted by Crippen LogP contribution is -2.31. The molecule has 0 saturated heterocycles. The van der Waals surface area contributed by atoms with Crippen LogP contribution < -0.4 is 5.32 Å². The number of rotatable bonds is 8. The van der Waals surface area contributed by atoms with Gasteiger partial charge in [0.25, 0.3) is 0 Å². The first-order valence-corrected chi connectivity index (χ1v) is 8.45. The van der Waals surface area contributed by atoms with Gasteiger partial charge in [-0.05, 0) is 31.9 Å². The zero-order chi connectivity index (χ0) is 20.1. The Morgan fingerprint density at radius 1 is 1.30 bits per heavy atom. The number of carboxylic acid groups (broad SMARTS) is 1. The SMILES string of the molecule is Cc1ccccc1C(CC(=O)O)NC(=O)CCn1nc(C)c([N+](=O)[O-])c1C. The van der Waals surface area contributed by atoms with Crippen LogP contribution in [0.2, 0.25) is 0 Å². The fourth-order valence-corrected chi connectivity index (χ4v) is 3.03. The number of hydrogen-bond acceptors (Lipinski definition) is 5. The number of carbonyl (C=O) groups excluding carboxylic acids is 1. The van der Waals surface area contributed by atoms with Crippen molar-refractivity contribution < 1.29 is 19.6 Å². The van der Waals surface area contributed by atoms with Gasteiger partial charge in [-0.15, -0.1) is 0 Å². The van der Waals surface area contributed by atoms with Gasteiger partial charge in [0, 0.05) is 6.42 Å². The molecule has 0 aliphatic rings. The highest BCUT2D eigenvalue weighted by Crippen LogP contribution is 2.23. The third kappa shape index (κ3) is 4.90. The van der Waals surface area contributed by atoms with E-state index in [0.29, 0.717) is 11.4 Å². The molecule has 9 nitrogen and oxygen atoms in total. The molecule has 9 heteroatoms. The van der Waals surface area contributed by atoms with E-state index in [1.807, 2.05) is 19.1 Å². The van der Waals surface area contributed by atoms with E-state index in [9.17, 15) is 19.7 Å². The van der Waals surface area contributed by atoms with Gasteiger partial charge in [-0.2, -0.15) is 5.10 Å². The molecule has 0 aliphatic carbocycles. The minimum absolute atomic E-state index is 0.0289. The Labute approximate surface area is 156 Å². The van der Waals surface area contributed by atoms with E-state index in [0.717, 1.165) is 11.1 Å². The lowest BCUT2D eigenvalue weighted by Gasteiger charge is -2.19. The van der Waals surface area contributed by atoms with Crippen molar-refractivity contribution in [1.29, 1.82) is 0 Å². The first-order chi connectivity index (χ1) is 12.7. The second-order valence-corrected chi connectivity index (χ2v) is 6.32. The summed E-state index contributed by atoms with van der Waals surface area (Å²) in [4.78, 5) is 34.1. The van der Waals surface area contributed by atoms with Crippen LogP contribution in [-0.4, -0.2) is 31.7 Å². The highest BCUT2D eigenvalue weighted by atomic mass is 16.6. The summed E-state index contributed by atoms with van der Waals surface area (Å²) in [5.74, 6) is -1.36. The summed E-state index contributed by atoms with van der Waals surface area (Å²) in [5, 5.41) is 27.0. The van der Waals surface area contributed by atoms with E-state index >= 15 is 0 Å². The predicted octanol–water partition coefficient (Wildman–Crippen LogP) is 2.44. The minimum Gasteiger partial charge on any atom is -0.481 e. The zero-order valence-corrected chi connectivity index (χ0v) is 15.4. The molecule has 2 N–H and O–H groups in total. The average molecular weight is 374 g/mol. The maximum atomic E-state index is 12.4.